The molecule has 0 aromatic rings. The van der Waals surface area contributed by atoms with Crippen LogP contribution in [-0.2, 0) is 4.79 Å². The first kappa shape index (κ1) is 18.1. The van der Waals surface area contributed by atoms with Crippen molar-refractivity contribution >= 4 is 5.91 Å². The number of nitrogens with two attached hydrogens (primary N) is 1. The van der Waals surface area contributed by atoms with Crippen molar-refractivity contribution in [2.24, 2.45) is 17.6 Å². The molecule has 4 aliphatic heterocycles. The molecule has 0 saturated carbocycles. The first-order valence-electron chi connectivity index (χ1n) is 9.35. The molecule has 4 heterocycles. The molecule has 3 fully saturated rings. The summed E-state index contributed by atoms with van der Waals surface area (Å²) in [6.45, 7) is 3.66. The Hall–Kier alpha value is -1.30. The van der Waals surface area contributed by atoms with Gasteiger partial charge in [-0.25, -0.2) is 14.8 Å². The summed E-state index contributed by atoms with van der Waals surface area (Å²) >= 11 is 0. The molecular weight excluding hydrogens is 339 g/mol. The first-order valence-corrected chi connectivity index (χ1v) is 9.35. The standard InChI is InChI=1S/C16H29FN8O/c1-24-8-20-6-12(24)10-2-3-19-5-11(10)22-16(26)13-14(18)23-25-7-9(17)4-21-15(13)25/h4,10-15,19-21,23H,2-3,5-8,18H2,1H3,(H,22,26). The van der Waals surface area contributed by atoms with Crippen LogP contribution in [0.1, 0.15) is 6.42 Å². The zero-order chi connectivity index (χ0) is 18.3. The van der Waals surface area contributed by atoms with E-state index < -0.39 is 12.1 Å². The van der Waals surface area contributed by atoms with Gasteiger partial charge in [0.1, 0.15) is 17.9 Å². The molecule has 26 heavy (non-hydrogen) atoms. The Labute approximate surface area is 152 Å². The second-order valence-electron chi connectivity index (χ2n) is 7.72. The molecule has 9 nitrogen and oxygen atoms in total. The molecule has 3 saturated heterocycles. The van der Waals surface area contributed by atoms with Crippen molar-refractivity contribution in [3.05, 3.63) is 12.0 Å². The third-order valence-corrected chi connectivity index (χ3v) is 6.05. The highest BCUT2D eigenvalue weighted by atomic mass is 19.1. The summed E-state index contributed by atoms with van der Waals surface area (Å²) in [7, 11) is 2.12. The van der Waals surface area contributed by atoms with Crippen molar-refractivity contribution in [1.29, 1.82) is 0 Å². The van der Waals surface area contributed by atoms with Gasteiger partial charge < -0.3 is 27.0 Å². The molecule has 6 unspecified atom stereocenters. The quantitative estimate of drug-likeness (QED) is 0.322. The number of piperidine rings is 1. The number of nitrogens with zero attached hydrogens (tertiary/aromatic N) is 2. The molecule has 4 aliphatic rings. The molecule has 0 spiro atoms. The zero-order valence-electron chi connectivity index (χ0n) is 15.0. The summed E-state index contributed by atoms with van der Waals surface area (Å²) in [6, 6.07) is 0.472. The van der Waals surface area contributed by atoms with Crippen LogP contribution in [0.5, 0.6) is 0 Å². The number of carbonyl (C=O) groups is 1. The fourth-order valence-electron chi connectivity index (χ4n) is 4.69. The summed E-state index contributed by atoms with van der Waals surface area (Å²) < 4.78 is 13.5. The minimum Gasteiger partial charge on any atom is -0.372 e. The van der Waals surface area contributed by atoms with Crippen LogP contribution >= 0.6 is 0 Å². The maximum atomic E-state index is 13.5. The molecule has 0 aliphatic carbocycles. The van der Waals surface area contributed by atoms with Gasteiger partial charge in [-0.05, 0) is 25.9 Å². The number of fused-ring (bicyclic) bond motifs is 1. The van der Waals surface area contributed by atoms with Crippen LogP contribution in [0.15, 0.2) is 12.0 Å². The number of nitrogens with one attached hydrogen (secondary N) is 5. The maximum absolute atomic E-state index is 13.5. The largest absolute Gasteiger partial charge is 0.372 e. The van der Waals surface area contributed by atoms with Gasteiger partial charge in [0.25, 0.3) is 0 Å². The van der Waals surface area contributed by atoms with Crippen molar-refractivity contribution in [2.45, 2.75) is 30.8 Å². The Balaban J connectivity index is 1.44. The summed E-state index contributed by atoms with van der Waals surface area (Å²) in [5.41, 5.74) is 9.14. The monoisotopic (exact) mass is 368 g/mol. The summed E-state index contributed by atoms with van der Waals surface area (Å²) in [6.07, 6.45) is 1.47. The fourth-order valence-corrected chi connectivity index (χ4v) is 4.69. The number of likely N-dealkylation sites (N-methyl/N-ethyl adjacent to an activating group) is 1. The Bertz CT molecular complexity index is 574. The Morgan fingerprint density at radius 2 is 2.23 bits per heavy atom. The lowest BCUT2D eigenvalue weighted by molar-refractivity contribution is -0.127. The van der Waals surface area contributed by atoms with Gasteiger partial charge in [-0.3, -0.25) is 9.69 Å². The number of amides is 1. The van der Waals surface area contributed by atoms with E-state index in [-0.39, 0.29) is 30.5 Å². The third-order valence-electron chi connectivity index (χ3n) is 6.05. The van der Waals surface area contributed by atoms with Gasteiger partial charge in [0.05, 0.1) is 12.7 Å². The second kappa shape index (κ2) is 7.37. The van der Waals surface area contributed by atoms with E-state index in [0.29, 0.717) is 12.0 Å². The van der Waals surface area contributed by atoms with Crippen molar-refractivity contribution in [1.82, 2.24) is 36.6 Å². The lowest BCUT2D eigenvalue weighted by Crippen LogP contribution is -2.60. The van der Waals surface area contributed by atoms with E-state index in [1.54, 1.807) is 5.01 Å². The highest BCUT2D eigenvalue weighted by molar-refractivity contribution is 5.81. The lowest BCUT2D eigenvalue weighted by Gasteiger charge is -2.39. The van der Waals surface area contributed by atoms with Crippen molar-refractivity contribution < 1.29 is 9.18 Å². The van der Waals surface area contributed by atoms with E-state index in [1.165, 1.54) is 6.20 Å². The van der Waals surface area contributed by atoms with E-state index in [0.717, 1.165) is 32.7 Å². The molecule has 0 radical (unpaired) electrons. The predicted octanol–water partition coefficient (Wildman–Crippen LogP) is -2.60. The van der Waals surface area contributed by atoms with Crippen molar-refractivity contribution in [3.8, 4) is 0 Å². The molecule has 0 bridgehead atoms. The van der Waals surface area contributed by atoms with E-state index in [1.807, 2.05) is 0 Å². The van der Waals surface area contributed by atoms with E-state index in [9.17, 15) is 9.18 Å². The number of rotatable bonds is 3. The van der Waals surface area contributed by atoms with Crippen LogP contribution in [0.4, 0.5) is 4.39 Å². The Morgan fingerprint density at radius 3 is 3.00 bits per heavy atom. The minimum absolute atomic E-state index is 0.0562. The smallest absolute Gasteiger partial charge is 0.229 e. The van der Waals surface area contributed by atoms with Crippen LogP contribution in [0, 0.1) is 11.8 Å². The summed E-state index contributed by atoms with van der Waals surface area (Å²) in [5, 5.41) is 14.6. The second-order valence-corrected chi connectivity index (χ2v) is 7.72. The van der Waals surface area contributed by atoms with E-state index in [2.05, 4.69) is 38.6 Å². The van der Waals surface area contributed by atoms with Gasteiger partial charge in [-0.1, -0.05) is 0 Å². The van der Waals surface area contributed by atoms with Crippen LogP contribution in [-0.4, -0.2) is 80.1 Å². The summed E-state index contributed by atoms with van der Waals surface area (Å²) in [5.74, 6) is -0.469. The minimum atomic E-state index is -0.544. The highest BCUT2D eigenvalue weighted by Gasteiger charge is 2.47. The van der Waals surface area contributed by atoms with Crippen LogP contribution in [0.25, 0.3) is 0 Å². The topological polar surface area (TPSA) is 110 Å². The molecule has 146 valence electrons. The van der Waals surface area contributed by atoms with Crippen LogP contribution < -0.4 is 32.4 Å². The maximum Gasteiger partial charge on any atom is 0.229 e. The highest BCUT2D eigenvalue weighted by Crippen LogP contribution is 2.26. The fraction of sp³-hybridized carbons (Fsp3) is 0.812. The van der Waals surface area contributed by atoms with Gasteiger partial charge in [0.2, 0.25) is 5.91 Å². The summed E-state index contributed by atoms with van der Waals surface area (Å²) in [4.78, 5) is 15.3. The number of carbonyl (C=O) groups excluding carboxylic acids is 1. The van der Waals surface area contributed by atoms with Gasteiger partial charge in [0, 0.05) is 38.0 Å². The molecule has 7 N–H and O–H groups in total. The molecule has 1 amide bonds. The lowest BCUT2D eigenvalue weighted by atomic mass is 9.85. The molecule has 0 aromatic carbocycles. The van der Waals surface area contributed by atoms with Gasteiger partial charge >= 0.3 is 0 Å². The predicted molar refractivity (Wildman–Crippen MR) is 94.7 cm³/mol. The average Bonchev–Trinajstić information content (AvgIpc) is 3.17. The van der Waals surface area contributed by atoms with Crippen molar-refractivity contribution in [2.75, 3.05) is 39.9 Å². The Morgan fingerprint density at radius 1 is 1.38 bits per heavy atom. The van der Waals surface area contributed by atoms with E-state index >= 15 is 0 Å². The van der Waals surface area contributed by atoms with Gasteiger partial charge in [-0.15, -0.1) is 0 Å². The third kappa shape index (κ3) is 3.32. The molecule has 4 rings (SSSR count). The zero-order valence-corrected chi connectivity index (χ0v) is 15.0. The molecule has 0 aromatic heterocycles. The van der Waals surface area contributed by atoms with Gasteiger partial charge in [0.15, 0.2) is 0 Å². The normalized spacial score (nSPS) is 41.4. The Kier molecular flexibility index (Phi) is 5.13. The van der Waals surface area contributed by atoms with Crippen LogP contribution in [0.2, 0.25) is 0 Å². The average molecular weight is 368 g/mol. The van der Waals surface area contributed by atoms with E-state index in [4.69, 9.17) is 5.73 Å². The van der Waals surface area contributed by atoms with Gasteiger partial charge in [-0.2, -0.15) is 0 Å². The first-order chi connectivity index (χ1) is 12.5. The number of hydrogen-bond acceptors (Lipinski definition) is 8. The molecule has 10 heteroatoms. The molecular formula is C16H29FN8O. The SMILES string of the molecule is CN1CNCC1C1CCNCC1NC(=O)C1C(N)NN2CC(F)=CNC12. The van der Waals surface area contributed by atoms with Crippen molar-refractivity contribution in [3.63, 3.8) is 0 Å². The number of halogens is 1. The molecule has 6 atom stereocenters. The number of hydrogen-bond donors (Lipinski definition) is 6. The number of hydrazine groups is 1. The van der Waals surface area contributed by atoms with Crippen LogP contribution in [0.3, 0.4) is 0 Å².